The van der Waals surface area contributed by atoms with Gasteiger partial charge in [-0.15, -0.1) is 0 Å². The molecule has 0 saturated heterocycles. The Bertz CT molecular complexity index is 859. The normalized spacial score (nSPS) is 17.7. The summed E-state index contributed by atoms with van der Waals surface area (Å²) in [6.45, 7) is 3.50. The molecule has 2 aromatic rings. The second-order valence-corrected chi connectivity index (χ2v) is 6.91. The molecule has 0 spiro atoms. The predicted molar refractivity (Wildman–Crippen MR) is 100 cm³/mol. The van der Waals surface area contributed by atoms with Crippen molar-refractivity contribution in [2.45, 2.75) is 31.6 Å². The van der Waals surface area contributed by atoms with E-state index in [0.29, 0.717) is 18.5 Å². The van der Waals surface area contributed by atoms with Gasteiger partial charge in [-0.3, -0.25) is 4.79 Å². The third-order valence-corrected chi connectivity index (χ3v) is 5.03. The van der Waals surface area contributed by atoms with Crippen LogP contribution >= 0.6 is 0 Å². The van der Waals surface area contributed by atoms with Crippen molar-refractivity contribution >= 4 is 28.7 Å². The molecule has 0 bridgehead atoms. The van der Waals surface area contributed by atoms with E-state index in [-0.39, 0.29) is 24.7 Å². The SMILES string of the molecule is C=CC(=O)N(C)c1cnc2c(c1)c(C=CC1CCC(F)(F)CC1)cn2C. The summed E-state index contributed by atoms with van der Waals surface area (Å²) < 4.78 is 28.5. The highest BCUT2D eigenvalue weighted by molar-refractivity contribution is 6.02. The summed E-state index contributed by atoms with van der Waals surface area (Å²) >= 11 is 0. The molecule has 26 heavy (non-hydrogen) atoms. The molecule has 1 aliphatic carbocycles. The van der Waals surface area contributed by atoms with Crippen LogP contribution in [0.4, 0.5) is 14.5 Å². The maximum absolute atomic E-state index is 13.3. The molecule has 1 saturated carbocycles. The van der Waals surface area contributed by atoms with E-state index in [2.05, 4.69) is 11.6 Å². The van der Waals surface area contributed by atoms with Crippen molar-refractivity contribution < 1.29 is 13.6 Å². The first-order valence-corrected chi connectivity index (χ1v) is 8.72. The summed E-state index contributed by atoms with van der Waals surface area (Å²) in [4.78, 5) is 17.8. The zero-order chi connectivity index (χ0) is 18.9. The number of carbonyl (C=O) groups is 1. The van der Waals surface area contributed by atoms with Gasteiger partial charge >= 0.3 is 0 Å². The fraction of sp³-hybridized carbons (Fsp3) is 0.400. The number of amides is 1. The van der Waals surface area contributed by atoms with Gasteiger partial charge in [0.25, 0.3) is 0 Å². The number of rotatable bonds is 4. The van der Waals surface area contributed by atoms with Crippen LogP contribution in [0.25, 0.3) is 17.1 Å². The standard InChI is InChI=1S/C20H23F2N3O/c1-4-18(26)25(3)16-11-17-15(13-24(2)19(17)23-12-16)6-5-14-7-9-20(21,22)10-8-14/h4-6,11-14H,1,7-10H2,2-3H3. The van der Waals surface area contributed by atoms with Crippen molar-refractivity contribution in [3.05, 3.63) is 42.8 Å². The maximum Gasteiger partial charge on any atom is 0.250 e. The monoisotopic (exact) mass is 359 g/mol. The van der Waals surface area contributed by atoms with Crippen molar-refractivity contribution in [3.63, 3.8) is 0 Å². The molecular formula is C20H23F2N3O. The number of allylic oxidation sites excluding steroid dienone is 1. The average molecular weight is 359 g/mol. The Balaban J connectivity index is 1.87. The molecule has 138 valence electrons. The highest BCUT2D eigenvalue weighted by atomic mass is 19.3. The number of pyridine rings is 1. The minimum atomic E-state index is -2.51. The van der Waals surface area contributed by atoms with Gasteiger partial charge in [0, 0.05) is 44.1 Å². The number of likely N-dealkylation sites (N-methyl/N-ethyl adjacent to an activating group) is 1. The van der Waals surface area contributed by atoms with Crippen molar-refractivity contribution in [2.75, 3.05) is 11.9 Å². The highest BCUT2D eigenvalue weighted by Crippen LogP contribution is 2.37. The van der Waals surface area contributed by atoms with Crippen LogP contribution in [0.1, 0.15) is 31.2 Å². The number of halogens is 2. The largest absolute Gasteiger partial charge is 0.335 e. The zero-order valence-corrected chi connectivity index (χ0v) is 15.1. The smallest absolute Gasteiger partial charge is 0.250 e. The van der Waals surface area contributed by atoms with E-state index in [1.165, 1.54) is 11.0 Å². The first-order valence-electron chi connectivity index (χ1n) is 8.72. The number of fused-ring (bicyclic) bond motifs is 1. The van der Waals surface area contributed by atoms with Gasteiger partial charge < -0.3 is 9.47 Å². The van der Waals surface area contributed by atoms with E-state index in [4.69, 9.17) is 0 Å². The summed E-state index contributed by atoms with van der Waals surface area (Å²) in [5.74, 6) is -2.54. The Morgan fingerprint density at radius 1 is 1.42 bits per heavy atom. The molecule has 0 N–H and O–H groups in total. The molecule has 6 heteroatoms. The first kappa shape index (κ1) is 18.3. The van der Waals surface area contributed by atoms with Gasteiger partial charge in [-0.05, 0) is 30.9 Å². The lowest BCUT2D eigenvalue weighted by Gasteiger charge is -2.26. The minimum absolute atomic E-state index is 0.0439. The summed E-state index contributed by atoms with van der Waals surface area (Å²) in [7, 11) is 3.58. The van der Waals surface area contributed by atoms with Gasteiger partial charge in [-0.25, -0.2) is 13.8 Å². The van der Waals surface area contributed by atoms with Crippen LogP contribution in [0.2, 0.25) is 0 Å². The second kappa shape index (κ2) is 7.02. The average Bonchev–Trinajstić information content (AvgIpc) is 2.95. The lowest BCUT2D eigenvalue weighted by atomic mass is 9.86. The van der Waals surface area contributed by atoms with Crippen LogP contribution in [-0.2, 0) is 11.8 Å². The molecule has 0 atom stereocenters. The van der Waals surface area contributed by atoms with Crippen LogP contribution < -0.4 is 4.90 Å². The Morgan fingerprint density at radius 2 is 2.12 bits per heavy atom. The lowest BCUT2D eigenvalue weighted by Crippen LogP contribution is -2.23. The van der Waals surface area contributed by atoms with Crippen molar-refractivity contribution in [2.24, 2.45) is 13.0 Å². The molecule has 0 aromatic carbocycles. The third-order valence-electron chi connectivity index (χ3n) is 5.03. The molecule has 0 unspecified atom stereocenters. The summed E-state index contributed by atoms with van der Waals surface area (Å²) in [5.41, 5.74) is 2.46. The molecule has 1 fully saturated rings. The van der Waals surface area contributed by atoms with Crippen LogP contribution in [-0.4, -0.2) is 28.4 Å². The highest BCUT2D eigenvalue weighted by Gasteiger charge is 2.33. The molecule has 4 nitrogen and oxygen atoms in total. The molecular weight excluding hydrogens is 336 g/mol. The Kier molecular flexibility index (Phi) is 4.94. The number of nitrogens with zero attached hydrogens (tertiary/aromatic N) is 3. The van der Waals surface area contributed by atoms with E-state index in [9.17, 15) is 13.6 Å². The third kappa shape index (κ3) is 3.69. The Morgan fingerprint density at radius 3 is 2.77 bits per heavy atom. The number of anilines is 1. The van der Waals surface area contributed by atoms with Gasteiger partial charge in [-0.1, -0.05) is 18.7 Å². The van der Waals surface area contributed by atoms with Gasteiger partial charge in [0.15, 0.2) is 0 Å². The number of carbonyl (C=O) groups excluding carboxylic acids is 1. The molecule has 2 aromatic heterocycles. The maximum atomic E-state index is 13.3. The van der Waals surface area contributed by atoms with Gasteiger partial charge in [0.2, 0.25) is 11.8 Å². The quantitative estimate of drug-likeness (QED) is 0.751. The fourth-order valence-electron chi connectivity index (χ4n) is 3.35. The molecule has 0 radical (unpaired) electrons. The fourth-order valence-corrected chi connectivity index (χ4v) is 3.35. The number of aryl methyl sites for hydroxylation is 1. The second-order valence-electron chi connectivity index (χ2n) is 6.91. The van der Waals surface area contributed by atoms with Crippen molar-refractivity contribution in [1.29, 1.82) is 0 Å². The number of aromatic nitrogens is 2. The summed E-state index contributed by atoms with van der Waals surface area (Å²) in [6, 6.07) is 1.92. The van der Waals surface area contributed by atoms with E-state index in [1.807, 2.05) is 36.0 Å². The molecule has 1 amide bonds. The summed E-state index contributed by atoms with van der Waals surface area (Å²) in [5, 5.41) is 0.922. The Hall–Kier alpha value is -2.50. The van der Waals surface area contributed by atoms with Crippen molar-refractivity contribution in [1.82, 2.24) is 9.55 Å². The van der Waals surface area contributed by atoms with E-state index in [0.717, 1.165) is 16.6 Å². The molecule has 2 heterocycles. The van der Waals surface area contributed by atoms with E-state index >= 15 is 0 Å². The number of hydrogen-bond acceptors (Lipinski definition) is 2. The van der Waals surface area contributed by atoms with Crippen LogP contribution in [0.15, 0.2) is 37.2 Å². The van der Waals surface area contributed by atoms with Crippen LogP contribution in [0.3, 0.4) is 0 Å². The zero-order valence-electron chi connectivity index (χ0n) is 15.1. The predicted octanol–water partition coefficient (Wildman–Crippen LogP) is 4.56. The van der Waals surface area contributed by atoms with E-state index in [1.54, 1.807) is 13.2 Å². The van der Waals surface area contributed by atoms with Crippen LogP contribution in [0, 0.1) is 5.92 Å². The number of hydrogen-bond donors (Lipinski definition) is 0. The van der Waals surface area contributed by atoms with Gasteiger partial charge in [0.1, 0.15) is 5.65 Å². The van der Waals surface area contributed by atoms with Gasteiger partial charge in [-0.2, -0.15) is 0 Å². The van der Waals surface area contributed by atoms with Crippen molar-refractivity contribution in [3.8, 4) is 0 Å². The molecule has 1 aliphatic rings. The van der Waals surface area contributed by atoms with Gasteiger partial charge in [0.05, 0.1) is 11.9 Å². The number of alkyl halides is 2. The Labute approximate surface area is 151 Å². The van der Waals surface area contributed by atoms with E-state index < -0.39 is 5.92 Å². The summed E-state index contributed by atoms with van der Waals surface area (Å²) in [6.07, 6.45) is 9.81. The minimum Gasteiger partial charge on any atom is -0.335 e. The first-order chi connectivity index (χ1) is 12.3. The topological polar surface area (TPSA) is 38.1 Å². The van der Waals surface area contributed by atoms with Crippen LogP contribution in [0.5, 0.6) is 0 Å². The molecule has 0 aliphatic heterocycles. The lowest BCUT2D eigenvalue weighted by molar-refractivity contribution is -0.113. The molecule has 3 rings (SSSR count).